The molecule has 0 aliphatic heterocycles. The molecule has 1 amide bonds. The molecular weight excluding hydrogens is 436 g/mol. The molecule has 2 heterocycles. The molecule has 11 heteroatoms. The van der Waals surface area contributed by atoms with Gasteiger partial charge in [-0.15, -0.1) is 15.3 Å². The smallest absolute Gasteiger partial charge is 0.254 e. The number of fused-ring (bicyclic) bond motifs is 1. The van der Waals surface area contributed by atoms with Crippen LogP contribution in [0, 0.1) is 11.6 Å². The minimum Gasteiger partial charge on any atom is -0.497 e. The number of amides is 1. The summed E-state index contributed by atoms with van der Waals surface area (Å²) >= 11 is 0. The van der Waals surface area contributed by atoms with Crippen molar-refractivity contribution in [2.75, 3.05) is 27.4 Å². The monoisotopic (exact) mass is 455 g/mol. The van der Waals surface area contributed by atoms with Crippen molar-refractivity contribution in [3.8, 4) is 28.8 Å². The van der Waals surface area contributed by atoms with Crippen molar-refractivity contribution in [3.05, 3.63) is 65.7 Å². The number of hydrogen-bond acceptors (Lipinski definition) is 7. The normalized spacial score (nSPS) is 10.8. The number of rotatable bonds is 8. The summed E-state index contributed by atoms with van der Waals surface area (Å²) in [5, 5.41) is 15.2. The Morgan fingerprint density at radius 3 is 2.64 bits per heavy atom. The quantitative estimate of drug-likeness (QED) is 0.408. The average molecular weight is 455 g/mol. The molecule has 0 bridgehead atoms. The average Bonchev–Trinajstić information content (AvgIpc) is 3.24. The number of benzene rings is 2. The summed E-state index contributed by atoms with van der Waals surface area (Å²) in [5.74, 6) is -0.510. The number of carbonyl (C=O) groups excluding carboxylic acids is 1. The van der Waals surface area contributed by atoms with Crippen LogP contribution in [0.15, 0.2) is 48.5 Å². The van der Waals surface area contributed by atoms with Crippen LogP contribution in [-0.4, -0.2) is 53.1 Å². The van der Waals surface area contributed by atoms with Crippen molar-refractivity contribution < 1.29 is 27.8 Å². The first kappa shape index (κ1) is 21.9. The van der Waals surface area contributed by atoms with E-state index in [2.05, 4.69) is 20.6 Å². The highest BCUT2D eigenvalue weighted by atomic mass is 19.1. The van der Waals surface area contributed by atoms with Crippen molar-refractivity contribution in [1.29, 1.82) is 0 Å². The highest BCUT2D eigenvalue weighted by Gasteiger charge is 2.16. The highest BCUT2D eigenvalue weighted by Crippen LogP contribution is 2.32. The Labute approximate surface area is 186 Å². The second-order valence-corrected chi connectivity index (χ2v) is 6.76. The summed E-state index contributed by atoms with van der Waals surface area (Å²) in [4.78, 5) is 12.1. The second-order valence-electron chi connectivity index (χ2n) is 6.76. The van der Waals surface area contributed by atoms with E-state index in [0.29, 0.717) is 34.6 Å². The van der Waals surface area contributed by atoms with Gasteiger partial charge >= 0.3 is 0 Å². The zero-order valence-electron chi connectivity index (χ0n) is 17.7. The lowest BCUT2D eigenvalue weighted by atomic mass is 10.2. The van der Waals surface area contributed by atoms with Gasteiger partial charge in [-0.2, -0.15) is 4.52 Å². The van der Waals surface area contributed by atoms with Gasteiger partial charge in [-0.3, -0.25) is 4.79 Å². The predicted octanol–water partition coefficient (Wildman–Crippen LogP) is 2.90. The maximum Gasteiger partial charge on any atom is 0.254 e. The van der Waals surface area contributed by atoms with E-state index >= 15 is 0 Å². The van der Waals surface area contributed by atoms with Gasteiger partial charge in [-0.25, -0.2) is 8.78 Å². The lowest BCUT2D eigenvalue weighted by molar-refractivity contribution is 0.0942. The molecule has 0 unspecified atom stereocenters. The van der Waals surface area contributed by atoms with Crippen LogP contribution in [0.3, 0.4) is 0 Å². The molecular formula is C22H19F2N5O4. The first-order chi connectivity index (χ1) is 16.0. The molecule has 33 heavy (non-hydrogen) atoms. The van der Waals surface area contributed by atoms with Crippen molar-refractivity contribution in [2.45, 2.75) is 0 Å². The zero-order chi connectivity index (χ0) is 23.4. The minimum atomic E-state index is -0.936. The van der Waals surface area contributed by atoms with Gasteiger partial charge in [0.1, 0.15) is 29.7 Å². The Morgan fingerprint density at radius 2 is 1.88 bits per heavy atom. The molecule has 4 rings (SSSR count). The van der Waals surface area contributed by atoms with Crippen LogP contribution in [0.1, 0.15) is 10.4 Å². The summed E-state index contributed by atoms with van der Waals surface area (Å²) in [6.07, 6.45) is 0. The molecule has 0 aliphatic carbocycles. The second kappa shape index (κ2) is 9.47. The van der Waals surface area contributed by atoms with E-state index in [-0.39, 0.29) is 24.6 Å². The molecule has 170 valence electrons. The van der Waals surface area contributed by atoms with Crippen LogP contribution in [0.5, 0.6) is 17.4 Å². The van der Waals surface area contributed by atoms with E-state index in [1.165, 1.54) is 4.52 Å². The summed E-state index contributed by atoms with van der Waals surface area (Å²) in [6.45, 7) is 0.140. The van der Waals surface area contributed by atoms with Crippen molar-refractivity contribution in [2.24, 2.45) is 0 Å². The van der Waals surface area contributed by atoms with Gasteiger partial charge in [0.05, 0.1) is 31.9 Å². The van der Waals surface area contributed by atoms with Crippen LogP contribution in [-0.2, 0) is 0 Å². The van der Waals surface area contributed by atoms with E-state index in [1.807, 2.05) is 0 Å². The Morgan fingerprint density at radius 1 is 1.03 bits per heavy atom. The van der Waals surface area contributed by atoms with E-state index < -0.39 is 17.5 Å². The number of methoxy groups -OCH3 is 2. The van der Waals surface area contributed by atoms with Gasteiger partial charge in [0.25, 0.3) is 5.91 Å². The van der Waals surface area contributed by atoms with Gasteiger partial charge in [0.2, 0.25) is 5.88 Å². The number of carbonyl (C=O) groups is 1. The number of hydrogen-bond donors (Lipinski definition) is 1. The number of nitrogens with zero attached hydrogens (tertiary/aromatic N) is 4. The molecule has 0 saturated heterocycles. The molecule has 0 fully saturated rings. The summed E-state index contributed by atoms with van der Waals surface area (Å²) < 4.78 is 44.5. The molecule has 9 nitrogen and oxygen atoms in total. The largest absolute Gasteiger partial charge is 0.497 e. The van der Waals surface area contributed by atoms with Gasteiger partial charge in [0, 0.05) is 12.1 Å². The Balaban J connectivity index is 1.46. The van der Waals surface area contributed by atoms with E-state index in [4.69, 9.17) is 14.2 Å². The standard InChI is InChI=1S/C22H19F2N5O4/c1-31-14-4-6-18(32-2)16(12-14)21-27-26-19-7-8-20(28-29(19)21)33-10-9-25-22(30)15-5-3-13(23)11-17(15)24/h3-8,11-12H,9-10H2,1-2H3,(H,25,30). The summed E-state index contributed by atoms with van der Waals surface area (Å²) in [7, 11) is 3.10. The van der Waals surface area contributed by atoms with Gasteiger partial charge < -0.3 is 19.5 Å². The lowest BCUT2D eigenvalue weighted by Crippen LogP contribution is -2.29. The highest BCUT2D eigenvalue weighted by molar-refractivity contribution is 5.94. The molecule has 4 aromatic rings. The molecule has 0 atom stereocenters. The lowest BCUT2D eigenvalue weighted by Gasteiger charge is -2.10. The van der Waals surface area contributed by atoms with Gasteiger partial charge in [0.15, 0.2) is 11.5 Å². The maximum absolute atomic E-state index is 13.7. The van der Waals surface area contributed by atoms with E-state index in [0.717, 1.165) is 12.1 Å². The predicted molar refractivity (Wildman–Crippen MR) is 114 cm³/mol. The Hall–Kier alpha value is -4.28. The van der Waals surface area contributed by atoms with Crippen LogP contribution < -0.4 is 19.5 Å². The van der Waals surface area contributed by atoms with Crippen LogP contribution in [0.2, 0.25) is 0 Å². The molecule has 1 N–H and O–H groups in total. The third-order valence-corrected chi connectivity index (χ3v) is 4.70. The first-order valence-electron chi connectivity index (χ1n) is 9.81. The third kappa shape index (κ3) is 4.66. The van der Waals surface area contributed by atoms with Crippen LogP contribution >= 0.6 is 0 Å². The summed E-state index contributed by atoms with van der Waals surface area (Å²) in [6, 6.07) is 11.3. The van der Waals surface area contributed by atoms with Gasteiger partial charge in [-0.1, -0.05) is 0 Å². The van der Waals surface area contributed by atoms with Crippen LogP contribution in [0.25, 0.3) is 17.0 Å². The Bertz CT molecular complexity index is 1310. The topological polar surface area (TPSA) is 99.9 Å². The first-order valence-corrected chi connectivity index (χ1v) is 9.81. The van der Waals surface area contributed by atoms with E-state index in [9.17, 15) is 13.6 Å². The van der Waals surface area contributed by atoms with Crippen molar-refractivity contribution >= 4 is 11.6 Å². The Kier molecular flexibility index (Phi) is 6.29. The molecule has 0 saturated carbocycles. The minimum absolute atomic E-state index is 0.0625. The summed E-state index contributed by atoms with van der Waals surface area (Å²) in [5.41, 5.74) is 0.863. The number of nitrogens with one attached hydrogen (secondary N) is 1. The molecule has 0 radical (unpaired) electrons. The van der Waals surface area contributed by atoms with Crippen molar-refractivity contribution in [3.63, 3.8) is 0 Å². The molecule has 2 aromatic carbocycles. The zero-order valence-corrected chi connectivity index (χ0v) is 17.7. The maximum atomic E-state index is 13.7. The fraction of sp³-hybridized carbons (Fsp3) is 0.182. The third-order valence-electron chi connectivity index (χ3n) is 4.70. The van der Waals surface area contributed by atoms with Crippen molar-refractivity contribution in [1.82, 2.24) is 25.1 Å². The number of ether oxygens (including phenoxy) is 3. The molecule has 0 spiro atoms. The van der Waals surface area contributed by atoms with Gasteiger partial charge in [-0.05, 0) is 36.4 Å². The molecule has 2 aromatic heterocycles. The van der Waals surface area contributed by atoms with E-state index in [1.54, 1.807) is 44.6 Å². The molecule has 0 aliphatic rings. The van der Waals surface area contributed by atoms with Crippen LogP contribution in [0.4, 0.5) is 8.78 Å². The number of halogens is 2. The number of aromatic nitrogens is 4. The SMILES string of the molecule is COc1ccc(OC)c(-c2nnc3ccc(OCCNC(=O)c4ccc(F)cc4F)nn23)c1. The fourth-order valence-corrected chi connectivity index (χ4v) is 3.09. The fourth-order valence-electron chi connectivity index (χ4n) is 3.09.